The van der Waals surface area contributed by atoms with Crippen LogP contribution in [0, 0.1) is 0 Å². The lowest BCUT2D eigenvalue weighted by Crippen LogP contribution is -2.46. The highest BCUT2D eigenvalue weighted by Crippen LogP contribution is 2.62. The molecule has 4 aromatic carbocycles. The van der Waals surface area contributed by atoms with Gasteiger partial charge < -0.3 is 18.9 Å². The second-order valence-electron chi connectivity index (χ2n) is 12.1. The molecule has 1 unspecified atom stereocenters. The molecule has 0 aliphatic carbocycles. The van der Waals surface area contributed by atoms with Crippen molar-refractivity contribution in [1.29, 1.82) is 0 Å². The Morgan fingerprint density at radius 3 is 1.00 bits per heavy atom. The van der Waals surface area contributed by atoms with Gasteiger partial charge in [0.1, 0.15) is 0 Å². The van der Waals surface area contributed by atoms with Gasteiger partial charge >= 0.3 is 0 Å². The molecule has 0 N–H and O–H groups in total. The number of rotatable bonds is 13. The van der Waals surface area contributed by atoms with Crippen LogP contribution in [-0.2, 0) is 45.4 Å². The maximum Gasteiger partial charge on any atom is 0.0918 e. The molecule has 0 saturated carbocycles. The summed E-state index contributed by atoms with van der Waals surface area (Å²) in [6, 6.07) is 42.1. The van der Waals surface area contributed by atoms with E-state index < -0.39 is 0 Å². The fourth-order valence-electron chi connectivity index (χ4n) is 6.67. The Morgan fingerprint density at radius 2 is 0.705 bits per heavy atom. The molecule has 4 aromatic rings. The molecule has 2 heterocycles. The monoisotopic (exact) mass is 626 g/mol. The maximum atomic E-state index is 6.91. The molecule has 0 bridgehead atoms. The first kappa shape index (κ1) is 31.6. The lowest BCUT2D eigenvalue weighted by Gasteiger charge is -2.36. The van der Waals surface area contributed by atoms with E-state index >= 15 is 0 Å². The van der Waals surface area contributed by atoms with Crippen molar-refractivity contribution in [2.45, 2.75) is 62.2 Å². The molecule has 0 radical (unpaired) electrons. The second kappa shape index (κ2) is 15.7. The van der Waals surface area contributed by atoms with E-state index in [2.05, 4.69) is 135 Å². The summed E-state index contributed by atoms with van der Waals surface area (Å²) < 4.78 is 27.2. The van der Waals surface area contributed by atoms with Gasteiger partial charge in [0, 0.05) is 11.3 Å². The molecule has 6 rings (SSSR count). The molecular weight excluding hydrogens is 582 g/mol. The molecule has 2 aliphatic heterocycles. The van der Waals surface area contributed by atoms with E-state index in [1.165, 1.54) is 22.3 Å². The molecule has 2 fully saturated rings. The number of ether oxygens (including phenoxy) is 4. The van der Waals surface area contributed by atoms with Crippen LogP contribution in [0.3, 0.4) is 0 Å². The highest BCUT2D eigenvalue weighted by atomic mass is 31.1. The van der Waals surface area contributed by atoms with Crippen molar-refractivity contribution in [3.63, 3.8) is 0 Å². The van der Waals surface area contributed by atoms with Gasteiger partial charge in [0.2, 0.25) is 0 Å². The summed E-state index contributed by atoms with van der Waals surface area (Å²) >= 11 is 0. The third-order valence-corrected chi connectivity index (χ3v) is 14.3. The van der Waals surface area contributed by atoms with Crippen LogP contribution in [0.5, 0.6) is 0 Å². The van der Waals surface area contributed by atoms with Crippen molar-refractivity contribution in [3.05, 3.63) is 144 Å². The standard InChI is InChI=1S/C38H44O4P2/c1-43-27-33(39-23-29-15-7-3-8-16-29)35(41-25-31-19-11-5-12-20-31)37(43)38-36(42-26-32-21-13-6-14-22-32)34(28-44(38)2)40-24-30-17-9-4-10-18-30/h3-22,33-38H,23-28H2,1-2H3/t33-,34-,35+,36?,37-,38-,43-,44-/m1/s1. The molecule has 0 aromatic heterocycles. The van der Waals surface area contributed by atoms with Gasteiger partial charge in [0.25, 0.3) is 0 Å². The molecule has 230 valence electrons. The summed E-state index contributed by atoms with van der Waals surface area (Å²) in [5, 5.41) is 0. The minimum absolute atomic E-state index is 0.0145. The van der Waals surface area contributed by atoms with Gasteiger partial charge in [-0.25, -0.2) is 0 Å². The first-order chi connectivity index (χ1) is 21.7. The Morgan fingerprint density at radius 1 is 0.432 bits per heavy atom. The molecule has 4 nitrogen and oxygen atoms in total. The molecule has 0 amide bonds. The summed E-state index contributed by atoms with van der Waals surface area (Å²) in [5.74, 6) is 0. The van der Waals surface area contributed by atoms with Crippen LogP contribution in [0.4, 0.5) is 0 Å². The van der Waals surface area contributed by atoms with Gasteiger partial charge in [0.05, 0.1) is 50.8 Å². The second-order valence-corrected chi connectivity index (χ2v) is 17.0. The predicted molar refractivity (Wildman–Crippen MR) is 183 cm³/mol. The Labute approximate surface area is 265 Å². The average molecular weight is 627 g/mol. The lowest BCUT2D eigenvalue weighted by molar-refractivity contribution is -0.0900. The first-order valence-electron chi connectivity index (χ1n) is 15.7. The largest absolute Gasteiger partial charge is 0.370 e. The molecule has 8 atom stereocenters. The van der Waals surface area contributed by atoms with Crippen LogP contribution in [-0.4, -0.2) is 61.4 Å². The van der Waals surface area contributed by atoms with Crippen LogP contribution in [0.2, 0.25) is 0 Å². The molecule has 0 spiro atoms. The van der Waals surface area contributed by atoms with E-state index in [1.54, 1.807) is 0 Å². The van der Waals surface area contributed by atoms with Crippen LogP contribution in [0.25, 0.3) is 0 Å². The Bertz CT molecular complexity index is 1280. The highest BCUT2D eigenvalue weighted by molar-refractivity contribution is 7.62. The minimum Gasteiger partial charge on any atom is -0.370 e. The molecule has 44 heavy (non-hydrogen) atoms. The topological polar surface area (TPSA) is 36.9 Å². The van der Waals surface area contributed by atoms with Gasteiger partial charge in [-0.1, -0.05) is 121 Å². The summed E-state index contributed by atoms with van der Waals surface area (Å²) in [7, 11) is -0.677. The number of hydrogen-bond donors (Lipinski definition) is 0. The summed E-state index contributed by atoms with van der Waals surface area (Å²) in [6.45, 7) is 7.31. The third kappa shape index (κ3) is 8.04. The number of benzene rings is 4. The quantitative estimate of drug-likeness (QED) is 0.140. The van der Waals surface area contributed by atoms with Gasteiger partial charge in [0.15, 0.2) is 0 Å². The zero-order valence-electron chi connectivity index (χ0n) is 25.8. The Balaban J connectivity index is 1.25. The van der Waals surface area contributed by atoms with Gasteiger partial charge in [-0.2, -0.15) is 0 Å². The smallest absolute Gasteiger partial charge is 0.0918 e. The fraction of sp³-hybridized carbons (Fsp3) is 0.368. The van der Waals surface area contributed by atoms with Gasteiger partial charge in [-0.3, -0.25) is 0 Å². The molecule has 2 aliphatic rings. The van der Waals surface area contributed by atoms with Crippen LogP contribution < -0.4 is 0 Å². The maximum absolute atomic E-state index is 6.91. The van der Waals surface area contributed by atoms with E-state index in [-0.39, 0.29) is 40.3 Å². The molecular formula is C38H44O4P2. The molecule has 2 saturated heterocycles. The van der Waals surface area contributed by atoms with Gasteiger partial charge in [-0.05, 0) is 47.9 Å². The fourth-order valence-corrected chi connectivity index (χ4v) is 13.2. The Hall–Kier alpha value is -2.42. The average Bonchev–Trinajstić information content (AvgIpc) is 3.55. The Kier molecular flexibility index (Phi) is 11.3. The van der Waals surface area contributed by atoms with Crippen molar-refractivity contribution < 1.29 is 18.9 Å². The van der Waals surface area contributed by atoms with E-state index in [9.17, 15) is 0 Å². The minimum atomic E-state index is -0.339. The zero-order chi connectivity index (χ0) is 30.1. The van der Waals surface area contributed by atoms with E-state index in [4.69, 9.17) is 18.9 Å². The SMILES string of the molecule is C[P@]1C[C@@H](OCc2ccccc2)[C@H](OCc2ccccc2)[C@@H]1[C@H]1C(OCc2ccccc2)[C@H](OCc2ccccc2)C[P@@]1C. The van der Waals surface area contributed by atoms with Gasteiger partial charge in [-0.15, -0.1) is 15.8 Å². The normalized spacial score (nSPS) is 28.3. The zero-order valence-corrected chi connectivity index (χ0v) is 27.6. The van der Waals surface area contributed by atoms with E-state index in [1.807, 2.05) is 0 Å². The summed E-state index contributed by atoms with van der Waals surface area (Å²) in [4.78, 5) is 0. The van der Waals surface area contributed by atoms with Crippen molar-refractivity contribution in [2.24, 2.45) is 0 Å². The predicted octanol–water partition coefficient (Wildman–Crippen LogP) is 8.32. The van der Waals surface area contributed by atoms with E-state index in [0.29, 0.717) is 37.7 Å². The third-order valence-electron chi connectivity index (χ3n) is 8.89. The lowest BCUT2D eigenvalue weighted by atomic mass is 10.0. The van der Waals surface area contributed by atoms with Crippen LogP contribution in [0.1, 0.15) is 22.3 Å². The molecule has 6 heteroatoms. The summed E-state index contributed by atoms with van der Waals surface area (Å²) in [6.07, 6.45) is 2.24. The number of hydrogen-bond acceptors (Lipinski definition) is 4. The van der Waals surface area contributed by atoms with Crippen molar-refractivity contribution in [2.75, 3.05) is 25.7 Å². The van der Waals surface area contributed by atoms with Crippen LogP contribution in [0.15, 0.2) is 121 Å². The van der Waals surface area contributed by atoms with Crippen molar-refractivity contribution in [1.82, 2.24) is 0 Å². The van der Waals surface area contributed by atoms with E-state index in [0.717, 1.165) is 12.3 Å². The van der Waals surface area contributed by atoms with Crippen molar-refractivity contribution >= 4 is 15.8 Å². The van der Waals surface area contributed by atoms with Crippen molar-refractivity contribution in [3.8, 4) is 0 Å². The first-order valence-corrected chi connectivity index (χ1v) is 19.8. The van der Waals surface area contributed by atoms with Crippen LogP contribution >= 0.6 is 15.8 Å². The summed E-state index contributed by atoms with van der Waals surface area (Å²) in [5.41, 5.74) is 5.58. The highest BCUT2D eigenvalue weighted by Gasteiger charge is 2.55.